The van der Waals surface area contributed by atoms with Gasteiger partial charge in [-0.15, -0.1) is 0 Å². The molecular formula is C22H27NO7. The normalized spacial score (nSPS) is 14.3. The molecule has 0 unspecified atom stereocenters. The highest BCUT2D eigenvalue weighted by atomic mass is 16.7. The smallest absolute Gasteiger partial charge is 0.231 e. The highest BCUT2D eigenvalue weighted by Crippen LogP contribution is 2.36. The molecule has 0 amide bonds. The zero-order chi connectivity index (χ0) is 21.0. The van der Waals surface area contributed by atoms with Crippen molar-refractivity contribution in [2.75, 3.05) is 47.4 Å². The highest BCUT2D eigenvalue weighted by Gasteiger charge is 2.30. The molecule has 2 aromatic rings. The van der Waals surface area contributed by atoms with Gasteiger partial charge in [0.2, 0.25) is 13.6 Å². The van der Waals surface area contributed by atoms with Crippen molar-refractivity contribution in [3.05, 3.63) is 36.4 Å². The molecule has 2 aliphatic heterocycles. The van der Waals surface area contributed by atoms with Crippen LogP contribution in [0.15, 0.2) is 36.4 Å². The second-order valence-corrected chi connectivity index (χ2v) is 7.74. The monoisotopic (exact) mass is 417 g/mol. The summed E-state index contributed by atoms with van der Waals surface area (Å²) in [5.74, 6) is 3.87. The van der Waals surface area contributed by atoms with Crippen LogP contribution in [0.5, 0.6) is 34.5 Å². The molecule has 8 heteroatoms. The second-order valence-electron chi connectivity index (χ2n) is 7.74. The summed E-state index contributed by atoms with van der Waals surface area (Å²) in [5.41, 5.74) is -1.16. The average molecular weight is 417 g/mol. The van der Waals surface area contributed by atoms with Crippen LogP contribution in [0.2, 0.25) is 0 Å². The lowest BCUT2D eigenvalue weighted by Gasteiger charge is -2.28. The number of aliphatic hydroxyl groups is 1. The molecule has 0 atom stereocenters. The minimum atomic E-state index is -1.16. The molecule has 0 aromatic heterocycles. The Hall–Kier alpha value is -2.84. The summed E-state index contributed by atoms with van der Waals surface area (Å²) in [7, 11) is 4.01. The molecular weight excluding hydrogens is 390 g/mol. The van der Waals surface area contributed by atoms with Crippen molar-refractivity contribution in [1.82, 2.24) is 4.90 Å². The van der Waals surface area contributed by atoms with Gasteiger partial charge in [0.05, 0.1) is 0 Å². The van der Waals surface area contributed by atoms with Gasteiger partial charge in [0.15, 0.2) is 23.0 Å². The van der Waals surface area contributed by atoms with Gasteiger partial charge in [-0.25, -0.2) is 0 Å². The average Bonchev–Trinajstić information content (AvgIpc) is 3.39. The van der Waals surface area contributed by atoms with Crippen LogP contribution in [0.1, 0.15) is 12.8 Å². The maximum absolute atomic E-state index is 11.3. The van der Waals surface area contributed by atoms with E-state index in [4.69, 9.17) is 28.4 Å². The Kier molecular flexibility index (Phi) is 6.06. The summed E-state index contributed by atoms with van der Waals surface area (Å²) in [6.07, 6.45) is 1.33. The third-order valence-corrected chi connectivity index (χ3v) is 4.95. The van der Waals surface area contributed by atoms with E-state index in [1.54, 1.807) is 36.4 Å². The molecule has 162 valence electrons. The molecule has 0 saturated heterocycles. The molecule has 2 aromatic carbocycles. The van der Waals surface area contributed by atoms with Crippen molar-refractivity contribution in [1.29, 1.82) is 0 Å². The van der Waals surface area contributed by atoms with Gasteiger partial charge < -0.3 is 38.4 Å². The molecule has 0 radical (unpaired) electrons. The zero-order valence-electron chi connectivity index (χ0n) is 17.3. The molecule has 2 heterocycles. The van der Waals surface area contributed by atoms with Crippen molar-refractivity contribution >= 4 is 0 Å². The van der Waals surface area contributed by atoms with Crippen molar-refractivity contribution in [2.24, 2.45) is 0 Å². The van der Waals surface area contributed by atoms with Gasteiger partial charge in [-0.05, 0) is 57.7 Å². The van der Waals surface area contributed by atoms with Crippen LogP contribution in [0.3, 0.4) is 0 Å². The Bertz CT molecular complexity index is 809. The first-order chi connectivity index (χ1) is 14.5. The number of hydrogen-bond acceptors (Lipinski definition) is 8. The van der Waals surface area contributed by atoms with Gasteiger partial charge in [-0.1, -0.05) is 0 Å². The predicted octanol–water partition coefficient (Wildman–Crippen LogP) is 2.67. The zero-order valence-corrected chi connectivity index (χ0v) is 17.3. The van der Waals surface area contributed by atoms with E-state index in [-0.39, 0.29) is 26.8 Å². The lowest BCUT2D eigenvalue weighted by molar-refractivity contribution is -0.0477. The highest BCUT2D eigenvalue weighted by molar-refractivity contribution is 5.47. The SMILES string of the molecule is CN(C)CCCC(O)(COc1ccc2c(c1)OCO2)COc1ccc2c(c1)OCO2. The first-order valence-electron chi connectivity index (χ1n) is 9.93. The molecule has 0 aliphatic carbocycles. The maximum Gasteiger partial charge on any atom is 0.231 e. The fourth-order valence-electron chi connectivity index (χ4n) is 3.28. The van der Waals surface area contributed by atoms with E-state index >= 15 is 0 Å². The minimum Gasteiger partial charge on any atom is -0.490 e. The molecule has 0 bridgehead atoms. The van der Waals surface area contributed by atoms with E-state index in [1.807, 2.05) is 14.1 Å². The molecule has 0 fully saturated rings. The summed E-state index contributed by atoms with van der Waals surface area (Å²) < 4.78 is 33.2. The summed E-state index contributed by atoms with van der Waals surface area (Å²) in [6.45, 7) is 1.44. The predicted molar refractivity (Wildman–Crippen MR) is 109 cm³/mol. The van der Waals surface area contributed by atoms with Crippen molar-refractivity contribution in [3.63, 3.8) is 0 Å². The van der Waals surface area contributed by atoms with E-state index in [9.17, 15) is 5.11 Å². The lowest BCUT2D eigenvalue weighted by atomic mass is 9.99. The van der Waals surface area contributed by atoms with Crippen molar-refractivity contribution in [3.8, 4) is 34.5 Å². The van der Waals surface area contributed by atoms with Crippen molar-refractivity contribution < 1.29 is 33.5 Å². The van der Waals surface area contributed by atoms with E-state index in [0.29, 0.717) is 40.9 Å². The lowest BCUT2D eigenvalue weighted by Crippen LogP contribution is -2.42. The van der Waals surface area contributed by atoms with Crippen LogP contribution >= 0.6 is 0 Å². The van der Waals surface area contributed by atoms with Gasteiger partial charge in [-0.3, -0.25) is 0 Å². The number of rotatable bonds is 10. The van der Waals surface area contributed by atoms with E-state index in [1.165, 1.54) is 0 Å². The number of benzene rings is 2. The quantitative estimate of drug-likeness (QED) is 0.632. The Morgan fingerprint density at radius 3 is 1.83 bits per heavy atom. The standard InChI is InChI=1S/C22H27NO7/c1-23(2)9-3-8-22(24,12-25-16-4-6-18-20(10-16)29-14-27-18)13-26-17-5-7-19-21(11-17)30-15-28-19/h4-7,10-11,24H,3,8-9,12-15H2,1-2H3. The number of ether oxygens (including phenoxy) is 6. The van der Waals surface area contributed by atoms with Gasteiger partial charge in [0.25, 0.3) is 0 Å². The Balaban J connectivity index is 1.39. The molecule has 4 rings (SSSR count). The van der Waals surface area contributed by atoms with Crippen LogP contribution in [0.25, 0.3) is 0 Å². The first kappa shape index (κ1) is 20.4. The number of nitrogens with zero attached hydrogens (tertiary/aromatic N) is 1. The summed E-state index contributed by atoms with van der Waals surface area (Å²) >= 11 is 0. The number of hydrogen-bond donors (Lipinski definition) is 1. The third kappa shape index (κ3) is 5.01. The largest absolute Gasteiger partial charge is 0.490 e. The summed E-state index contributed by atoms with van der Waals surface area (Å²) in [6, 6.07) is 10.7. The molecule has 1 N–H and O–H groups in total. The van der Waals surface area contributed by atoms with Crippen molar-refractivity contribution in [2.45, 2.75) is 18.4 Å². The molecule has 2 aliphatic rings. The second kappa shape index (κ2) is 8.89. The van der Waals surface area contributed by atoms with E-state index < -0.39 is 5.60 Å². The Morgan fingerprint density at radius 2 is 1.33 bits per heavy atom. The Morgan fingerprint density at radius 1 is 0.833 bits per heavy atom. The van der Waals surface area contributed by atoms with Crippen LogP contribution < -0.4 is 28.4 Å². The van der Waals surface area contributed by atoms with Gasteiger partial charge in [-0.2, -0.15) is 0 Å². The molecule has 0 saturated carbocycles. The molecule has 0 spiro atoms. The fourth-order valence-corrected chi connectivity index (χ4v) is 3.28. The van der Waals surface area contributed by atoms with Crippen LogP contribution in [0.4, 0.5) is 0 Å². The summed E-state index contributed by atoms with van der Waals surface area (Å²) in [5, 5.41) is 11.3. The van der Waals surface area contributed by atoms with Crippen LogP contribution in [-0.2, 0) is 0 Å². The van der Waals surface area contributed by atoms with E-state index in [0.717, 1.165) is 13.0 Å². The van der Waals surface area contributed by atoms with Gasteiger partial charge in [0.1, 0.15) is 30.3 Å². The van der Waals surface area contributed by atoms with Crippen LogP contribution in [-0.4, -0.2) is 63.0 Å². The van der Waals surface area contributed by atoms with Gasteiger partial charge in [0, 0.05) is 12.1 Å². The van der Waals surface area contributed by atoms with Gasteiger partial charge >= 0.3 is 0 Å². The summed E-state index contributed by atoms with van der Waals surface area (Å²) in [4.78, 5) is 2.08. The topological polar surface area (TPSA) is 78.9 Å². The number of fused-ring (bicyclic) bond motifs is 2. The minimum absolute atomic E-state index is 0.0879. The first-order valence-corrected chi connectivity index (χ1v) is 9.93. The molecule has 30 heavy (non-hydrogen) atoms. The fraction of sp³-hybridized carbons (Fsp3) is 0.455. The van der Waals surface area contributed by atoms with E-state index in [2.05, 4.69) is 4.90 Å². The Labute approximate surface area is 175 Å². The maximum atomic E-state index is 11.3. The molecule has 8 nitrogen and oxygen atoms in total. The third-order valence-electron chi connectivity index (χ3n) is 4.95. The van der Waals surface area contributed by atoms with Crippen LogP contribution in [0, 0.1) is 0 Å².